The highest BCUT2D eigenvalue weighted by Gasteiger charge is 2.12. The van der Waals surface area contributed by atoms with E-state index < -0.39 is 0 Å². The molecule has 0 amide bonds. The number of unbranched alkanes of at least 4 members (excludes halogenated alkanes) is 24. The van der Waals surface area contributed by atoms with E-state index >= 15 is 0 Å². The molecular formula is C45H89NO4. The average molecular weight is 708 g/mol. The smallest absolute Gasteiger partial charge is 0.305 e. The number of aliphatic hydroxyl groups excluding tert-OH is 1. The Kier molecular flexibility index (Phi) is 39.8. The van der Waals surface area contributed by atoms with Crippen LogP contribution in [0.3, 0.4) is 0 Å². The normalized spacial score (nSPS) is 11.6. The van der Waals surface area contributed by atoms with Gasteiger partial charge in [0.15, 0.2) is 0 Å². The number of allylic oxidation sites excluding steroid dienone is 1. The van der Waals surface area contributed by atoms with Crippen molar-refractivity contribution in [2.24, 2.45) is 0 Å². The van der Waals surface area contributed by atoms with Crippen molar-refractivity contribution < 1.29 is 19.4 Å². The van der Waals surface area contributed by atoms with Crippen molar-refractivity contribution in [2.75, 3.05) is 32.8 Å². The summed E-state index contributed by atoms with van der Waals surface area (Å²) in [5.74, 6) is 0.973. The summed E-state index contributed by atoms with van der Waals surface area (Å²) in [5.41, 5.74) is 0. The van der Waals surface area contributed by atoms with Crippen LogP contribution in [-0.2, 0) is 14.3 Å². The van der Waals surface area contributed by atoms with Crippen LogP contribution in [0.2, 0.25) is 0 Å². The zero-order valence-electron chi connectivity index (χ0n) is 34.3. The van der Waals surface area contributed by atoms with Crippen molar-refractivity contribution in [3.8, 4) is 0 Å². The number of esters is 1. The van der Waals surface area contributed by atoms with Gasteiger partial charge in [0.1, 0.15) is 0 Å². The molecule has 5 heteroatoms. The van der Waals surface area contributed by atoms with Gasteiger partial charge in [0.2, 0.25) is 0 Å². The zero-order valence-corrected chi connectivity index (χ0v) is 34.3. The Morgan fingerprint density at radius 2 is 0.920 bits per heavy atom. The van der Waals surface area contributed by atoms with Crippen LogP contribution in [0.25, 0.3) is 0 Å². The van der Waals surface area contributed by atoms with Gasteiger partial charge in [-0.2, -0.15) is 0 Å². The Labute approximate surface area is 313 Å². The number of rotatable bonds is 42. The maximum absolute atomic E-state index is 12.1. The van der Waals surface area contributed by atoms with Crippen LogP contribution in [0, 0.1) is 0 Å². The Morgan fingerprint density at radius 1 is 0.520 bits per heavy atom. The minimum atomic E-state index is -0.0342. The third-order valence-corrected chi connectivity index (χ3v) is 10.3. The molecule has 0 spiro atoms. The van der Waals surface area contributed by atoms with Gasteiger partial charge in [-0.3, -0.25) is 4.79 Å². The lowest BCUT2D eigenvalue weighted by atomic mass is 10.0. The number of carbonyl (C=O) groups is 1. The second-order valence-corrected chi connectivity index (χ2v) is 15.3. The van der Waals surface area contributed by atoms with Gasteiger partial charge in [0.25, 0.3) is 0 Å². The predicted octanol–water partition coefficient (Wildman–Crippen LogP) is 13.7. The van der Waals surface area contributed by atoms with E-state index in [0.29, 0.717) is 19.1 Å². The molecule has 0 aliphatic heterocycles. The molecule has 0 saturated carbocycles. The van der Waals surface area contributed by atoms with Gasteiger partial charge in [0.05, 0.1) is 25.1 Å². The van der Waals surface area contributed by atoms with Crippen molar-refractivity contribution in [2.45, 2.75) is 239 Å². The van der Waals surface area contributed by atoms with Crippen LogP contribution >= 0.6 is 0 Å². The van der Waals surface area contributed by atoms with Gasteiger partial charge in [-0.05, 0) is 70.9 Å². The van der Waals surface area contributed by atoms with Gasteiger partial charge in [0, 0.05) is 19.4 Å². The summed E-state index contributed by atoms with van der Waals surface area (Å²) in [6, 6.07) is 0. The van der Waals surface area contributed by atoms with E-state index in [4.69, 9.17) is 9.47 Å². The monoisotopic (exact) mass is 708 g/mol. The fourth-order valence-corrected chi connectivity index (χ4v) is 6.98. The molecule has 0 aromatic carbocycles. The molecule has 0 aromatic heterocycles. The summed E-state index contributed by atoms with van der Waals surface area (Å²) in [4.78, 5) is 14.5. The number of nitrogens with zero attached hydrogens (tertiary/aromatic N) is 1. The number of carbonyl (C=O) groups excluding carboxylic acids is 1. The quantitative estimate of drug-likeness (QED) is 0.0389. The summed E-state index contributed by atoms with van der Waals surface area (Å²) >= 11 is 0. The van der Waals surface area contributed by atoms with Crippen molar-refractivity contribution >= 4 is 5.97 Å². The molecule has 0 heterocycles. The average Bonchev–Trinajstić information content (AvgIpc) is 3.11. The fourth-order valence-electron chi connectivity index (χ4n) is 6.98. The topological polar surface area (TPSA) is 59.0 Å². The van der Waals surface area contributed by atoms with Crippen molar-refractivity contribution in [1.82, 2.24) is 4.90 Å². The maximum Gasteiger partial charge on any atom is 0.305 e. The highest BCUT2D eigenvalue weighted by atomic mass is 16.5. The Morgan fingerprint density at radius 3 is 1.42 bits per heavy atom. The van der Waals surface area contributed by atoms with Crippen LogP contribution < -0.4 is 0 Å². The van der Waals surface area contributed by atoms with E-state index in [1.165, 1.54) is 173 Å². The van der Waals surface area contributed by atoms with Crippen molar-refractivity contribution in [3.05, 3.63) is 12.3 Å². The lowest BCUT2D eigenvalue weighted by Crippen LogP contribution is -2.29. The lowest BCUT2D eigenvalue weighted by molar-refractivity contribution is -0.143. The van der Waals surface area contributed by atoms with Gasteiger partial charge in [-0.1, -0.05) is 169 Å². The molecule has 0 aromatic rings. The molecule has 5 nitrogen and oxygen atoms in total. The molecule has 0 saturated heterocycles. The zero-order chi connectivity index (χ0) is 36.6. The molecule has 0 unspecified atom stereocenters. The third kappa shape index (κ3) is 36.7. The largest absolute Gasteiger partial charge is 0.495 e. The van der Waals surface area contributed by atoms with E-state index in [2.05, 4.69) is 32.3 Å². The molecule has 50 heavy (non-hydrogen) atoms. The summed E-state index contributed by atoms with van der Waals surface area (Å²) < 4.78 is 11.9. The number of hydrogen-bond acceptors (Lipinski definition) is 5. The molecule has 0 radical (unpaired) electrons. The van der Waals surface area contributed by atoms with Gasteiger partial charge >= 0.3 is 5.97 Å². The van der Waals surface area contributed by atoms with Crippen LogP contribution in [0.5, 0.6) is 0 Å². The number of ether oxygens (including phenoxy) is 2. The van der Waals surface area contributed by atoms with E-state index in [1.54, 1.807) is 0 Å². The minimum absolute atomic E-state index is 0.0342. The van der Waals surface area contributed by atoms with Crippen molar-refractivity contribution in [1.29, 1.82) is 0 Å². The molecule has 0 aliphatic rings. The molecule has 0 bridgehead atoms. The minimum Gasteiger partial charge on any atom is -0.495 e. The highest BCUT2D eigenvalue weighted by molar-refractivity contribution is 5.69. The van der Waals surface area contributed by atoms with Crippen LogP contribution in [0.15, 0.2) is 12.3 Å². The third-order valence-electron chi connectivity index (χ3n) is 10.3. The van der Waals surface area contributed by atoms with E-state index in [9.17, 15) is 9.90 Å². The lowest BCUT2D eigenvalue weighted by Gasteiger charge is -2.21. The molecule has 0 rings (SSSR count). The van der Waals surface area contributed by atoms with E-state index in [-0.39, 0.29) is 12.6 Å². The first-order chi connectivity index (χ1) is 24.6. The molecule has 0 aliphatic carbocycles. The van der Waals surface area contributed by atoms with Crippen LogP contribution in [-0.4, -0.2) is 54.9 Å². The van der Waals surface area contributed by atoms with Crippen LogP contribution in [0.1, 0.15) is 233 Å². The molecule has 298 valence electrons. The number of hydrogen-bond donors (Lipinski definition) is 1. The van der Waals surface area contributed by atoms with Crippen molar-refractivity contribution in [3.63, 3.8) is 0 Å². The Bertz CT molecular complexity index is 683. The molecule has 0 fully saturated rings. The molecular weight excluding hydrogens is 618 g/mol. The first-order valence-corrected chi connectivity index (χ1v) is 22.4. The summed E-state index contributed by atoms with van der Waals surface area (Å²) in [6.07, 6.45) is 41.0. The first-order valence-electron chi connectivity index (χ1n) is 22.4. The number of aliphatic hydroxyl groups is 1. The molecule has 0 atom stereocenters. The predicted molar refractivity (Wildman–Crippen MR) is 218 cm³/mol. The highest BCUT2D eigenvalue weighted by Crippen LogP contribution is 2.21. The van der Waals surface area contributed by atoms with Gasteiger partial charge in [-0.15, -0.1) is 0 Å². The van der Waals surface area contributed by atoms with E-state index in [0.717, 1.165) is 57.5 Å². The standard InChI is InChI=1S/C45H89NO4/c1-5-8-11-14-17-18-19-25-33-42-49-45(48)37-30-26-32-39-46(40-41-47)38-31-24-20-21-27-34-43(4)50-44(35-28-22-15-12-9-6-2)36-29-23-16-13-10-7-3/h44,47H,4-42H2,1-3H3. The summed E-state index contributed by atoms with van der Waals surface area (Å²) in [6.45, 7) is 14.8. The van der Waals surface area contributed by atoms with E-state index in [1.807, 2.05) is 0 Å². The van der Waals surface area contributed by atoms with Gasteiger partial charge in [-0.25, -0.2) is 0 Å². The summed E-state index contributed by atoms with van der Waals surface area (Å²) in [7, 11) is 0. The second-order valence-electron chi connectivity index (χ2n) is 15.3. The SMILES string of the molecule is C=C(CCCCCCCN(CCO)CCCCCC(=O)OCCCCCCCCCCC)OC(CCCCCCCC)CCCCCCCC. The maximum atomic E-state index is 12.1. The Balaban J connectivity index is 3.96. The Hall–Kier alpha value is -1.07. The fraction of sp³-hybridized carbons (Fsp3) is 0.933. The molecule has 1 N–H and O–H groups in total. The first kappa shape index (κ1) is 48.9. The van der Waals surface area contributed by atoms with Gasteiger partial charge < -0.3 is 19.5 Å². The second kappa shape index (κ2) is 40.7. The summed E-state index contributed by atoms with van der Waals surface area (Å²) in [5, 5.41) is 9.55. The van der Waals surface area contributed by atoms with Crippen LogP contribution in [0.4, 0.5) is 0 Å².